The highest BCUT2D eigenvalue weighted by atomic mass is 19.2. The summed E-state index contributed by atoms with van der Waals surface area (Å²) in [5, 5.41) is 5.20. The van der Waals surface area contributed by atoms with Crippen LogP contribution < -0.4 is 10.6 Å². The second-order valence-corrected chi connectivity index (χ2v) is 6.34. The maximum Gasteiger partial charge on any atom is 0.274 e. The minimum Gasteiger partial charge on any atom is -0.351 e. The number of hydrogen-bond acceptors (Lipinski definition) is 3. The molecule has 3 rings (SSSR count). The smallest absolute Gasteiger partial charge is 0.274 e. The molecule has 0 fully saturated rings. The molecule has 0 unspecified atom stereocenters. The van der Waals surface area contributed by atoms with Crippen LogP contribution in [0.2, 0.25) is 0 Å². The van der Waals surface area contributed by atoms with Gasteiger partial charge in [0.1, 0.15) is 11.4 Å². The Hall–Kier alpha value is -3.61. The van der Waals surface area contributed by atoms with Crippen LogP contribution in [0.15, 0.2) is 66.7 Å². The van der Waals surface area contributed by atoms with E-state index in [-0.39, 0.29) is 23.0 Å². The van der Waals surface area contributed by atoms with E-state index in [9.17, 15) is 18.4 Å². The maximum atomic E-state index is 13.3. The minimum absolute atomic E-state index is 0.00771. The van der Waals surface area contributed by atoms with Gasteiger partial charge >= 0.3 is 0 Å². The number of pyridine rings is 1. The Bertz CT molecular complexity index is 1010. The quantitative estimate of drug-likeness (QED) is 0.595. The molecule has 3 aromatic rings. The van der Waals surface area contributed by atoms with E-state index in [0.717, 1.165) is 25.0 Å². The number of aryl methyl sites for hydroxylation is 1. The first-order valence-electron chi connectivity index (χ1n) is 9.08. The summed E-state index contributed by atoms with van der Waals surface area (Å²) in [6.07, 6.45) is 1.61. The number of nitrogens with one attached hydrogen (secondary N) is 2. The number of rotatable bonds is 7. The van der Waals surface area contributed by atoms with Crippen molar-refractivity contribution in [2.75, 3.05) is 11.9 Å². The fourth-order valence-corrected chi connectivity index (χ4v) is 2.69. The molecular formula is C22H19F2N3O2. The lowest BCUT2D eigenvalue weighted by Gasteiger charge is -2.08. The summed E-state index contributed by atoms with van der Waals surface area (Å²) in [5.74, 6) is -3.10. The van der Waals surface area contributed by atoms with E-state index >= 15 is 0 Å². The number of carbonyl (C=O) groups is 2. The molecule has 0 aliphatic heterocycles. The van der Waals surface area contributed by atoms with Crippen molar-refractivity contribution in [3.8, 4) is 0 Å². The Labute approximate surface area is 166 Å². The van der Waals surface area contributed by atoms with Crippen LogP contribution >= 0.6 is 0 Å². The number of nitrogens with zero attached hydrogens (tertiary/aromatic N) is 1. The Balaban J connectivity index is 1.55. The SMILES string of the molecule is O=C(NCCCc1ccccc1)c1cccc(C(=O)Nc2ccc(F)c(F)c2)n1. The van der Waals surface area contributed by atoms with Crippen molar-refractivity contribution in [3.05, 3.63) is 95.3 Å². The van der Waals surface area contributed by atoms with Crippen molar-refractivity contribution in [2.24, 2.45) is 0 Å². The van der Waals surface area contributed by atoms with Crippen LogP contribution in [-0.4, -0.2) is 23.3 Å². The van der Waals surface area contributed by atoms with Gasteiger partial charge in [0, 0.05) is 18.3 Å². The third-order valence-corrected chi connectivity index (χ3v) is 4.16. The number of anilines is 1. The third kappa shape index (κ3) is 5.68. The number of benzene rings is 2. The monoisotopic (exact) mass is 395 g/mol. The lowest BCUT2D eigenvalue weighted by Crippen LogP contribution is -2.26. The molecule has 29 heavy (non-hydrogen) atoms. The lowest BCUT2D eigenvalue weighted by molar-refractivity contribution is 0.0948. The molecule has 2 aromatic carbocycles. The highest BCUT2D eigenvalue weighted by Crippen LogP contribution is 2.14. The first-order valence-corrected chi connectivity index (χ1v) is 9.08. The topological polar surface area (TPSA) is 71.1 Å². The molecule has 0 radical (unpaired) electrons. The molecule has 0 bridgehead atoms. The summed E-state index contributed by atoms with van der Waals surface area (Å²) >= 11 is 0. The summed E-state index contributed by atoms with van der Waals surface area (Å²) in [6.45, 7) is 0.473. The molecule has 1 aromatic heterocycles. The number of halogens is 2. The molecule has 0 spiro atoms. The Morgan fingerprint density at radius 3 is 2.28 bits per heavy atom. The molecule has 0 saturated heterocycles. The number of aromatic nitrogens is 1. The van der Waals surface area contributed by atoms with Gasteiger partial charge in [0.2, 0.25) is 0 Å². The first kappa shape index (κ1) is 20.1. The Kier molecular flexibility index (Phi) is 6.63. The predicted octanol–water partition coefficient (Wildman–Crippen LogP) is 3.97. The zero-order valence-electron chi connectivity index (χ0n) is 15.5. The average molecular weight is 395 g/mol. The fraction of sp³-hybridized carbons (Fsp3) is 0.136. The number of amides is 2. The minimum atomic E-state index is -1.07. The van der Waals surface area contributed by atoms with E-state index in [4.69, 9.17) is 0 Å². The van der Waals surface area contributed by atoms with Crippen molar-refractivity contribution < 1.29 is 18.4 Å². The van der Waals surface area contributed by atoms with Crippen molar-refractivity contribution in [2.45, 2.75) is 12.8 Å². The molecule has 148 valence electrons. The van der Waals surface area contributed by atoms with Gasteiger partial charge < -0.3 is 10.6 Å². The Morgan fingerprint density at radius 2 is 1.55 bits per heavy atom. The van der Waals surface area contributed by atoms with Gasteiger partial charge in [-0.25, -0.2) is 13.8 Å². The van der Waals surface area contributed by atoms with Crippen LogP contribution in [-0.2, 0) is 6.42 Å². The van der Waals surface area contributed by atoms with Crippen LogP contribution in [0.4, 0.5) is 14.5 Å². The number of hydrogen-bond donors (Lipinski definition) is 2. The predicted molar refractivity (Wildman–Crippen MR) is 106 cm³/mol. The zero-order chi connectivity index (χ0) is 20.6. The van der Waals surface area contributed by atoms with Crippen molar-refractivity contribution >= 4 is 17.5 Å². The lowest BCUT2D eigenvalue weighted by atomic mass is 10.1. The molecule has 0 atom stereocenters. The molecular weight excluding hydrogens is 376 g/mol. The molecule has 0 saturated carbocycles. The van der Waals surface area contributed by atoms with Gasteiger partial charge in [0.05, 0.1) is 0 Å². The summed E-state index contributed by atoms with van der Waals surface area (Å²) < 4.78 is 26.2. The fourth-order valence-electron chi connectivity index (χ4n) is 2.69. The van der Waals surface area contributed by atoms with E-state index in [2.05, 4.69) is 15.6 Å². The van der Waals surface area contributed by atoms with Crippen molar-refractivity contribution in [3.63, 3.8) is 0 Å². The van der Waals surface area contributed by atoms with Gasteiger partial charge in [-0.15, -0.1) is 0 Å². The summed E-state index contributed by atoms with van der Waals surface area (Å²) in [5.41, 5.74) is 1.37. The summed E-state index contributed by atoms with van der Waals surface area (Å²) in [4.78, 5) is 28.6. The van der Waals surface area contributed by atoms with Crippen LogP contribution in [0.3, 0.4) is 0 Å². The standard InChI is InChI=1S/C22H19F2N3O2/c23-17-12-11-16(14-18(17)24)26-22(29)20-10-4-9-19(27-20)21(28)25-13-5-8-15-6-2-1-3-7-15/h1-4,6-7,9-12,14H,5,8,13H2,(H,25,28)(H,26,29). The van der Waals surface area contributed by atoms with Crippen molar-refractivity contribution in [1.82, 2.24) is 10.3 Å². The van der Waals surface area contributed by atoms with Gasteiger partial charge in [-0.2, -0.15) is 0 Å². The molecule has 5 nitrogen and oxygen atoms in total. The number of carbonyl (C=O) groups excluding carboxylic acids is 2. The van der Waals surface area contributed by atoms with Crippen LogP contribution in [0, 0.1) is 11.6 Å². The van der Waals surface area contributed by atoms with Gasteiger partial charge in [-0.3, -0.25) is 9.59 Å². The van der Waals surface area contributed by atoms with E-state index in [1.165, 1.54) is 29.8 Å². The van der Waals surface area contributed by atoms with Gasteiger partial charge in [-0.05, 0) is 42.7 Å². The third-order valence-electron chi connectivity index (χ3n) is 4.16. The second-order valence-electron chi connectivity index (χ2n) is 6.34. The second kappa shape index (κ2) is 9.54. The molecule has 2 amide bonds. The van der Waals surface area contributed by atoms with E-state index in [1.54, 1.807) is 0 Å². The van der Waals surface area contributed by atoms with Gasteiger partial charge in [-0.1, -0.05) is 36.4 Å². The highest BCUT2D eigenvalue weighted by Gasteiger charge is 2.13. The highest BCUT2D eigenvalue weighted by molar-refractivity contribution is 6.03. The normalized spacial score (nSPS) is 10.4. The summed E-state index contributed by atoms with van der Waals surface area (Å²) in [7, 11) is 0. The van der Waals surface area contributed by atoms with E-state index in [0.29, 0.717) is 6.54 Å². The van der Waals surface area contributed by atoms with E-state index < -0.39 is 17.5 Å². The van der Waals surface area contributed by atoms with Crippen LogP contribution in [0.5, 0.6) is 0 Å². The first-order chi connectivity index (χ1) is 14.0. The van der Waals surface area contributed by atoms with E-state index in [1.807, 2.05) is 30.3 Å². The average Bonchev–Trinajstić information content (AvgIpc) is 2.74. The van der Waals surface area contributed by atoms with Crippen molar-refractivity contribution in [1.29, 1.82) is 0 Å². The van der Waals surface area contributed by atoms with Gasteiger partial charge in [0.25, 0.3) is 11.8 Å². The largest absolute Gasteiger partial charge is 0.351 e. The molecule has 2 N–H and O–H groups in total. The molecule has 0 aliphatic carbocycles. The van der Waals surface area contributed by atoms with Crippen LogP contribution in [0.1, 0.15) is 33.0 Å². The van der Waals surface area contributed by atoms with Gasteiger partial charge in [0.15, 0.2) is 11.6 Å². The maximum absolute atomic E-state index is 13.3. The molecule has 0 aliphatic rings. The molecule has 7 heteroatoms. The van der Waals surface area contributed by atoms with Crippen LogP contribution in [0.25, 0.3) is 0 Å². The Morgan fingerprint density at radius 1 is 0.828 bits per heavy atom. The molecule has 1 heterocycles. The summed E-state index contributed by atoms with van der Waals surface area (Å²) in [6, 6.07) is 17.4. The zero-order valence-corrected chi connectivity index (χ0v) is 15.5.